The van der Waals surface area contributed by atoms with Gasteiger partial charge in [-0.2, -0.15) is 0 Å². The van der Waals surface area contributed by atoms with Crippen molar-refractivity contribution in [2.75, 3.05) is 0 Å². The fraction of sp³-hybridized carbons (Fsp3) is 0. The van der Waals surface area contributed by atoms with Crippen molar-refractivity contribution >= 4 is 11.1 Å². The number of furan rings is 1. The lowest BCUT2D eigenvalue weighted by atomic mass is 10.2. The molecule has 78 valence electrons. The SMILES string of the molecule is O=c1[nH]cnc2oc(-c3ccccc3)cc12. The van der Waals surface area contributed by atoms with Crippen LogP contribution in [0, 0.1) is 0 Å². The van der Waals surface area contributed by atoms with E-state index in [0.717, 1.165) is 5.56 Å². The molecule has 3 rings (SSSR count). The van der Waals surface area contributed by atoms with E-state index in [1.165, 1.54) is 6.33 Å². The quantitative estimate of drug-likeness (QED) is 0.672. The van der Waals surface area contributed by atoms with Gasteiger partial charge in [-0.25, -0.2) is 4.98 Å². The van der Waals surface area contributed by atoms with E-state index in [9.17, 15) is 4.79 Å². The minimum Gasteiger partial charge on any atom is -0.437 e. The van der Waals surface area contributed by atoms with Gasteiger partial charge in [-0.1, -0.05) is 30.3 Å². The van der Waals surface area contributed by atoms with Crippen LogP contribution in [-0.2, 0) is 0 Å². The standard InChI is InChI=1S/C12H8N2O2/c15-11-9-6-10(8-4-2-1-3-5-8)16-12(9)14-7-13-11/h1-7H,(H,13,14,15). The summed E-state index contributed by atoms with van der Waals surface area (Å²) < 4.78 is 5.50. The molecule has 16 heavy (non-hydrogen) atoms. The van der Waals surface area contributed by atoms with Crippen LogP contribution in [0.5, 0.6) is 0 Å². The number of benzene rings is 1. The van der Waals surface area contributed by atoms with Gasteiger partial charge in [-0.3, -0.25) is 4.79 Å². The molecule has 0 fully saturated rings. The van der Waals surface area contributed by atoms with Crippen molar-refractivity contribution in [3.05, 3.63) is 53.1 Å². The largest absolute Gasteiger partial charge is 0.437 e. The normalized spacial score (nSPS) is 10.8. The van der Waals surface area contributed by atoms with Crippen molar-refractivity contribution in [1.82, 2.24) is 9.97 Å². The first kappa shape index (κ1) is 8.91. The zero-order valence-electron chi connectivity index (χ0n) is 8.31. The van der Waals surface area contributed by atoms with Crippen LogP contribution in [0.2, 0.25) is 0 Å². The molecule has 0 unspecified atom stereocenters. The van der Waals surface area contributed by atoms with Gasteiger partial charge >= 0.3 is 0 Å². The molecule has 0 spiro atoms. The molecular formula is C12H8N2O2. The first-order chi connectivity index (χ1) is 7.84. The van der Waals surface area contributed by atoms with Gasteiger partial charge in [-0.15, -0.1) is 0 Å². The molecule has 0 radical (unpaired) electrons. The molecule has 0 saturated carbocycles. The molecule has 0 aliphatic carbocycles. The van der Waals surface area contributed by atoms with Crippen LogP contribution in [0.15, 0.2) is 51.9 Å². The monoisotopic (exact) mass is 212 g/mol. The molecule has 0 aliphatic rings. The van der Waals surface area contributed by atoms with E-state index < -0.39 is 0 Å². The van der Waals surface area contributed by atoms with E-state index in [2.05, 4.69) is 9.97 Å². The maximum absolute atomic E-state index is 11.5. The Morgan fingerprint density at radius 1 is 1.19 bits per heavy atom. The molecule has 0 saturated heterocycles. The number of hydrogen-bond donors (Lipinski definition) is 1. The lowest BCUT2D eigenvalue weighted by molar-refractivity contribution is 0.617. The van der Waals surface area contributed by atoms with Gasteiger partial charge in [0, 0.05) is 5.56 Å². The lowest BCUT2D eigenvalue weighted by Gasteiger charge is -1.92. The number of nitrogens with one attached hydrogen (secondary N) is 1. The Balaban J connectivity index is 2.28. The number of fused-ring (bicyclic) bond motifs is 1. The summed E-state index contributed by atoms with van der Waals surface area (Å²) in [5.74, 6) is 0.653. The van der Waals surface area contributed by atoms with E-state index in [0.29, 0.717) is 16.9 Å². The first-order valence-corrected chi connectivity index (χ1v) is 4.87. The highest BCUT2D eigenvalue weighted by atomic mass is 16.3. The van der Waals surface area contributed by atoms with Gasteiger partial charge in [0.2, 0.25) is 5.71 Å². The summed E-state index contributed by atoms with van der Waals surface area (Å²) in [6.45, 7) is 0. The van der Waals surface area contributed by atoms with Gasteiger partial charge in [-0.05, 0) is 6.07 Å². The lowest BCUT2D eigenvalue weighted by Crippen LogP contribution is -2.03. The number of H-pyrrole nitrogens is 1. The summed E-state index contributed by atoms with van der Waals surface area (Å²) in [5, 5.41) is 0.473. The summed E-state index contributed by atoms with van der Waals surface area (Å²) in [4.78, 5) is 17.9. The molecule has 0 aliphatic heterocycles. The zero-order valence-corrected chi connectivity index (χ0v) is 8.31. The number of rotatable bonds is 1. The van der Waals surface area contributed by atoms with Crippen LogP contribution >= 0.6 is 0 Å². The molecule has 4 nitrogen and oxygen atoms in total. The van der Waals surface area contributed by atoms with Gasteiger partial charge in [0.05, 0.1) is 6.33 Å². The summed E-state index contributed by atoms with van der Waals surface area (Å²) in [6, 6.07) is 11.3. The van der Waals surface area contributed by atoms with Crippen molar-refractivity contribution in [1.29, 1.82) is 0 Å². The maximum Gasteiger partial charge on any atom is 0.262 e. The van der Waals surface area contributed by atoms with Gasteiger partial charge < -0.3 is 9.40 Å². The van der Waals surface area contributed by atoms with Crippen molar-refractivity contribution in [2.45, 2.75) is 0 Å². The Kier molecular flexibility index (Phi) is 1.86. The van der Waals surface area contributed by atoms with E-state index in [4.69, 9.17) is 4.42 Å². The van der Waals surface area contributed by atoms with Crippen LogP contribution in [0.1, 0.15) is 0 Å². The first-order valence-electron chi connectivity index (χ1n) is 4.87. The highest BCUT2D eigenvalue weighted by Crippen LogP contribution is 2.24. The van der Waals surface area contributed by atoms with E-state index >= 15 is 0 Å². The smallest absolute Gasteiger partial charge is 0.262 e. The average molecular weight is 212 g/mol. The number of aromatic amines is 1. The molecule has 1 aromatic carbocycles. The van der Waals surface area contributed by atoms with Gasteiger partial charge in [0.25, 0.3) is 5.56 Å². The van der Waals surface area contributed by atoms with E-state index in [-0.39, 0.29) is 5.56 Å². The summed E-state index contributed by atoms with van der Waals surface area (Å²) in [5.41, 5.74) is 1.11. The average Bonchev–Trinajstić information content (AvgIpc) is 2.76. The molecule has 0 amide bonds. The fourth-order valence-electron chi connectivity index (χ4n) is 1.61. The van der Waals surface area contributed by atoms with E-state index in [1.54, 1.807) is 6.07 Å². The van der Waals surface area contributed by atoms with Crippen LogP contribution < -0.4 is 5.56 Å². The molecule has 4 heteroatoms. The van der Waals surface area contributed by atoms with Crippen molar-refractivity contribution < 1.29 is 4.42 Å². The molecule has 2 heterocycles. The molecule has 0 bridgehead atoms. The van der Waals surface area contributed by atoms with Gasteiger partial charge in [0.15, 0.2) is 0 Å². The minimum absolute atomic E-state index is 0.184. The van der Waals surface area contributed by atoms with Crippen LogP contribution in [0.4, 0.5) is 0 Å². The van der Waals surface area contributed by atoms with Gasteiger partial charge in [0.1, 0.15) is 11.1 Å². The predicted molar refractivity (Wildman–Crippen MR) is 60.1 cm³/mol. The molecule has 3 aromatic rings. The van der Waals surface area contributed by atoms with Crippen molar-refractivity contribution in [3.63, 3.8) is 0 Å². The summed E-state index contributed by atoms with van der Waals surface area (Å²) in [6.07, 6.45) is 1.34. The number of hydrogen-bond acceptors (Lipinski definition) is 3. The summed E-state index contributed by atoms with van der Waals surface area (Å²) >= 11 is 0. The topological polar surface area (TPSA) is 58.9 Å². The van der Waals surface area contributed by atoms with Crippen LogP contribution in [-0.4, -0.2) is 9.97 Å². The third-order valence-electron chi connectivity index (χ3n) is 2.39. The van der Waals surface area contributed by atoms with Crippen LogP contribution in [0.25, 0.3) is 22.4 Å². The maximum atomic E-state index is 11.5. The number of aromatic nitrogens is 2. The zero-order chi connectivity index (χ0) is 11.0. The molecule has 2 aromatic heterocycles. The third-order valence-corrected chi connectivity index (χ3v) is 2.39. The van der Waals surface area contributed by atoms with E-state index in [1.807, 2.05) is 30.3 Å². The Morgan fingerprint density at radius 2 is 2.00 bits per heavy atom. The highest BCUT2D eigenvalue weighted by Gasteiger charge is 2.08. The molecular weight excluding hydrogens is 204 g/mol. The Hall–Kier alpha value is -2.36. The van der Waals surface area contributed by atoms with Crippen molar-refractivity contribution in [2.24, 2.45) is 0 Å². The van der Waals surface area contributed by atoms with Crippen molar-refractivity contribution in [3.8, 4) is 11.3 Å². The second-order valence-corrected chi connectivity index (χ2v) is 3.43. The Bertz CT molecular complexity index is 683. The Morgan fingerprint density at radius 3 is 2.75 bits per heavy atom. The Labute approximate surface area is 90.6 Å². The third kappa shape index (κ3) is 1.32. The number of nitrogens with zero attached hydrogens (tertiary/aromatic N) is 1. The minimum atomic E-state index is -0.184. The molecule has 1 N–H and O–H groups in total. The molecule has 0 atom stereocenters. The highest BCUT2D eigenvalue weighted by molar-refractivity contribution is 5.78. The second kappa shape index (κ2) is 3.34. The second-order valence-electron chi connectivity index (χ2n) is 3.43. The fourth-order valence-corrected chi connectivity index (χ4v) is 1.61. The predicted octanol–water partition coefficient (Wildman–Crippen LogP) is 2.18. The van der Waals surface area contributed by atoms with Crippen LogP contribution in [0.3, 0.4) is 0 Å². The summed E-state index contributed by atoms with van der Waals surface area (Å²) in [7, 11) is 0.